The second-order valence-electron chi connectivity index (χ2n) is 6.12. The summed E-state index contributed by atoms with van der Waals surface area (Å²) in [4.78, 5) is 20.2. The van der Waals surface area contributed by atoms with Crippen molar-refractivity contribution in [1.82, 2.24) is 9.55 Å². The Morgan fingerprint density at radius 1 is 1.22 bits per heavy atom. The molecule has 1 aromatic heterocycles. The van der Waals surface area contributed by atoms with Crippen molar-refractivity contribution < 1.29 is 14.4 Å². The maximum atomic E-state index is 11.7. The Labute approximate surface area is 152 Å². The molecule has 0 saturated carbocycles. The highest BCUT2D eigenvalue weighted by atomic mass is 16.6. The van der Waals surface area contributed by atoms with Crippen LogP contribution in [0, 0.1) is 10.1 Å². The van der Waals surface area contributed by atoms with E-state index in [0.717, 1.165) is 11.0 Å². The smallest absolute Gasteiger partial charge is 0.280 e. The zero-order chi connectivity index (χ0) is 18.5. The highest BCUT2D eigenvalue weighted by Gasteiger charge is 2.32. The first-order valence-corrected chi connectivity index (χ1v) is 8.27. The summed E-state index contributed by atoms with van der Waals surface area (Å²) in [5.41, 5.74) is 7.66. The maximum Gasteiger partial charge on any atom is 0.280 e. The number of benzene rings is 2. The van der Waals surface area contributed by atoms with E-state index >= 15 is 0 Å². The van der Waals surface area contributed by atoms with Crippen LogP contribution in [0.25, 0.3) is 11.0 Å². The molecule has 0 amide bonds. The average Bonchev–Trinajstić information content (AvgIpc) is 3.04. The second kappa shape index (κ2) is 5.59. The first kappa shape index (κ1) is 15.4. The Morgan fingerprint density at radius 3 is 2.74 bits per heavy atom. The molecule has 0 saturated heterocycles. The largest absolute Gasteiger partial charge is 0.486 e. The van der Waals surface area contributed by atoms with Gasteiger partial charge in [-0.2, -0.15) is 0 Å². The summed E-state index contributed by atoms with van der Waals surface area (Å²) in [6, 6.07) is 10.4. The van der Waals surface area contributed by atoms with Crippen molar-refractivity contribution in [1.29, 1.82) is 0 Å². The summed E-state index contributed by atoms with van der Waals surface area (Å²) in [5, 5.41) is 14.6. The van der Waals surface area contributed by atoms with Gasteiger partial charge in [0.1, 0.15) is 13.2 Å². The number of guanidine groups is 1. The fourth-order valence-electron chi connectivity index (χ4n) is 3.38. The molecule has 27 heavy (non-hydrogen) atoms. The van der Waals surface area contributed by atoms with E-state index in [0.29, 0.717) is 36.2 Å². The fraction of sp³-hybridized carbons (Fsp3) is 0.176. The Hall–Kier alpha value is -3.82. The summed E-state index contributed by atoms with van der Waals surface area (Å²) in [6.45, 7) is 0.722. The third-order valence-corrected chi connectivity index (χ3v) is 4.51. The highest BCUT2D eigenvalue weighted by Crippen LogP contribution is 2.42. The Morgan fingerprint density at radius 2 is 1.96 bits per heavy atom. The number of aromatic nitrogens is 2. The number of rotatable bonds is 2. The van der Waals surface area contributed by atoms with Crippen LogP contribution in [0.4, 0.5) is 11.6 Å². The quantitative estimate of drug-likeness (QED) is 0.524. The summed E-state index contributed by atoms with van der Waals surface area (Å²) < 4.78 is 12.9. The predicted octanol–water partition coefficient (Wildman–Crippen LogP) is 2.00. The molecule has 1 atom stereocenters. The molecule has 0 unspecified atom stereocenters. The molecule has 0 radical (unpaired) electrons. The number of hydrogen-bond acceptors (Lipinski definition) is 8. The molecule has 0 spiro atoms. The number of anilines is 1. The van der Waals surface area contributed by atoms with Crippen LogP contribution < -0.4 is 20.5 Å². The van der Waals surface area contributed by atoms with E-state index in [2.05, 4.69) is 15.3 Å². The van der Waals surface area contributed by atoms with E-state index in [9.17, 15) is 10.1 Å². The van der Waals surface area contributed by atoms with Crippen LogP contribution in [0.1, 0.15) is 11.7 Å². The number of hydrogen-bond donors (Lipinski definition) is 2. The van der Waals surface area contributed by atoms with E-state index < -0.39 is 11.1 Å². The van der Waals surface area contributed by atoms with Gasteiger partial charge in [0, 0.05) is 0 Å². The van der Waals surface area contributed by atoms with E-state index in [-0.39, 0.29) is 11.6 Å². The maximum absolute atomic E-state index is 11.7. The number of nitro groups is 1. The lowest BCUT2D eigenvalue weighted by Gasteiger charge is -2.25. The summed E-state index contributed by atoms with van der Waals surface area (Å²) in [6.07, 6.45) is -0.759. The summed E-state index contributed by atoms with van der Waals surface area (Å²) in [5.74, 6) is 1.39. The van der Waals surface area contributed by atoms with Crippen molar-refractivity contribution in [3.05, 3.63) is 52.1 Å². The van der Waals surface area contributed by atoms with Crippen LogP contribution in [0.5, 0.6) is 11.5 Å². The summed E-state index contributed by atoms with van der Waals surface area (Å²) in [7, 11) is 0. The van der Waals surface area contributed by atoms with Gasteiger partial charge in [0.2, 0.25) is 5.95 Å². The van der Waals surface area contributed by atoms with Crippen molar-refractivity contribution in [3.63, 3.8) is 0 Å². The van der Waals surface area contributed by atoms with Gasteiger partial charge in [0.15, 0.2) is 23.6 Å². The lowest BCUT2D eigenvalue weighted by atomic mass is 10.1. The van der Waals surface area contributed by atoms with E-state index in [4.69, 9.17) is 15.2 Å². The van der Waals surface area contributed by atoms with Gasteiger partial charge in [0.05, 0.1) is 27.6 Å². The molecular weight excluding hydrogens is 352 g/mol. The number of para-hydroxylation sites is 2. The lowest BCUT2D eigenvalue weighted by molar-refractivity contribution is -0.385. The molecule has 3 N–H and O–H groups in total. The van der Waals surface area contributed by atoms with Gasteiger partial charge < -0.3 is 15.2 Å². The minimum absolute atomic E-state index is 0.119. The van der Waals surface area contributed by atoms with Gasteiger partial charge in [0.25, 0.3) is 5.69 Å². The monoisotopic (exact) mass is 366 g/mol. The van der Waals surface area contributed by atoms with Gasteiger partial charge in [-0.05, 0) is 18.2 Å². The molecule has 0 fully saturated rings. The molecule has 0 bridgehead atoms. The normalized spacial score (nSPS) is 17.8. The number of ether oxygens (including phenoxy) is 2. The summed E-state index contributed by atoms with van der Waals surface area (Å²) >= 11 is 0. The van der Waals surface area contributed by atoms with Crippen molar-refractivity contribution >= 4 is 28.6 Å². The number of nitro benzene ring substituents is 1. The average molecular weight is 366 g/mol. The topological polar surface area (TPSA) is 130 Å². The number of aliphatic imine (C=N–C) groups is 1. The van der Waals surface area contributed by atoms with Crippen molar-refractivity contribution in [2.75, 3.05) is 18.5 Å². The van der Waals surface area contributed by atoms with Crippen LogP contribution in [0.3, 0.4) is 0 Å². The minimum Gasteiger partial charge on any atom is -0.486 e. The molecule has 2 aromatic carbocycles. The number of fused-ring (bicyclic) bond motifs is 4. The van der Waals surface area contributed by atoms with Crippen molar-refractivity contribution in [3.8, 4) is 11.5 Å². The molecule has 0 aliphatic carbocycles. The van der Waals surface area contributed by atoms with E-state index in [1.54, 1.807) is 10.6 Å². The Bertz CT molecular complexity index is 1120. The van der Waals surface area contributed by atoms with Crippen molar-refractivity contribution in [2.24, 2.45) is 10.7 Å². The van der Waals surface area contributed by atoms with Crippen LogP contribution in [0.2, 0.25) is 0 Å². The van der Waals surface area contributed by atoms with Crippen LogP contribution in [0.15, 0.2) is 41.4 Å². The van der Waals surface area contributed by atoms with Gasteiger partial charge in [-0.25, -0.2) is 9.98 Å². The second-order valence-corrected chi connectivity index (χ2v) is 6.12. The molecule has 136 valence electrons. The predicted molar refractivity (Wildman–Crippen MR) is 97.2 cm³/mol. The SMILES string of the molecule is NC1=N[C@@H](c2cc3c(cc2[N+](=O)[O-])OCCO3)n2c(nc3ccccc32)N1. The van der Waals surface area contributed by atoms with Crippen LogP contribution >= 0.6 is 0 Å². The molecule has 2 aliphatic heterocycles. The molecule has 3 aromatic rings. The number of nitrogens with two attached hydrogens (primary N) is 1. The molecule has 2 aliphatic rings. The lowest BCUT2D eigenvalue weighted by Crippen LogP contribution is -2.31. The van der Waals surface area contributed by atoms with Gasteiger partial charge >= 0.3 is 0 Å². The molecule has 10 heteroatoms. The third-order valence-electron chi connectivity index (χ3n) is 4.51. The standard InChI is InChI=1S/C17H14N6O4/c18-16-20-15(22-11-4-2-1-3-10(11)19-17(22)21-16)9-7-13-14(27-6-5-26-13)8-12(9)23(24)25/h1-4,7-8,15H,5-6H2,(H3,18,19,20,21)/t15-/m1/s1. The van der Waals surface area contributed by atoms with Crippen LogP contribution in [-0.4, -0.2) is 33.6 Å². The first-order valence-electron chi connectivity index (χ1n) is 8.27. The van der Waals surface area contributed by atoms with Gasteiger partial charge in [-0.1, -0.05) is 12.1 Å². The number of imidazole rings is 1. The van der Waals surface area contributed by atoms with E-state index in [1.165, 1.54) is 6.07 Å². The first-order chi connectivity index (χ1) is 13.1. The zero-order valence-corrected chi connectivity index (χ0v) is 14.0. The van der Waals surface area contributed by atoms with Gasteiger partial charge in [-0.3, -0.25) is 20.0 Å². The zero-order valence-electron chi connectivity index (χ0n) is 14.0. The molecule has 5 rings (SSSR count). The van der Waals surface area contributed by atoms with Crippen molar-refractivity contribution in [2.45, 2.75) is 6.17 Å². The van der Waals surface area contributed by atoms with Crippen LogP contribution in [-0.2, 0) is 0 Å². The third kappa shape index (κ3) is 2.34. The molecule has 3 heterocycles. The van der Waals surface area contributed by atoms with Gasteiger partial charge in [-0.15, -0.1) is 0 Å². The fourth-order valence-corrected chi connectivity index (χ4v) is 3.38. The minimum atomic E-state index is -0.759. The van der Waals surface area contributed by atoms with E-state index in [1.807, 2.05) is 24.3 Å². The number of nitrogens with one attached hydrogen (secondary N) is 1. The molecule has 10 nitrogen and oxygen atoms in total. The molecular formula is C17H14N6O4. The Balaban J connectivity index is 1.77. The highest BCUT2D eigenvalue weighted by molar-refractivity contribution is 5.94. The Kier molecular flexibility index (Phi) is 3.20. The number of nitrogens with zero attached hydrogens (tertiary/aromatic N) is 4.